The van der Waals surface area contributed by atoms with E-state index in [1.807, 2.05) is 18.2 Å². The van der Waals surface area contributed by atoms with E-state index in [1.165, 1.54) is 12.8 Å². The molecule has 0 amide bonds. The number of ether oxygens (including phenoxy) is 2. The van der Waals surface area contributed by atoms with Gasteiger partial charge < -0.3 is 29.6 Å². The smallest absolute Gasteiger partial charge is 0.229 e. The average Bonchev–Trinajstić information content (AvgIpc) is 3.80. The van der Waals surface area contributed by atoms with E-state index in [2.05, 4.69) is 61.6 Å². The second-order valence-electron chi connectivity index (χ2n) is 11.0. The van der Waals surface area contributed by atoms with Gasteiger partial charge in [0.15, 0.2) is 0 Å². The molecule has 2 aromatic heterocycles. The first-order valence-electron chi connectivity index (χ1n) is 13.8. The lowest BCUT2D eigenvalue weighted by atomic mass is 10.1. The molecule has 11 heteroatoms. The number of halogens is 1. The number of anilines is 5. The van der Waals surface area contributed by atoms with E-state index < -0.39 is 7.14 Å². The van der Waals surface area contributed by atoms with Crippen molar-refractivity contribution in [2.24, 2.45) is 0 Å². The monoisotopic (exact) mass is 636 g/mol. The van der Waals surface area contributed by atoms with Crippen molar-refractivity contribution < 1.29 is 14.0 Å². The second-order valence-corrected chi connectivity index (χ2v) is 15.0. The number of methoxy groups -OCH3 is 1. The van der Waals surface area contributed by atoms with Gasteiger partial charge in [-0.25, -0.2) is 4.98 Å². The number of fused-ring (bicyclic) bond motifs is 1. The van der Waals surface area contributed by atoms with Crippen LogP contribution in [0.2, 0.25) is 0 Å². The summed E-state index contributed by atoms with van der Waals surface area (Å²) in [5.74, 6) is 2.32. The summed E-state index contributed by atoms with van der Waals surface area (Å²) in [6, 6.07) is 12.1. The minimum Gasteiger partial charge on any atom is -0.494 e. The fourth-order valence-electron chi connectivity index (χ4n) is 5.43. The molecule has 0 radical (unpaired) electrons. The van der Waals surface area contributed by atoms with E-state index in [1.54, 1.807) is 26.6 Å². The van der Waals surface area contributed by atoms with Crippen molar-refractivity contribution in [3.05, 3.63) is 58.3 Å². The molecule has 4 aromatic rings. The molecule has 3 heterocycles. The topological polar surface area (TPSA) is 102 Å². The zero-order valence-electron chi connectivity index (χ0n) is 23.7. The molecule has 1 aliphatic carbocycles. The SMILES string of the molecule is COc1cc(Nc2ncc(Br)c(Nc3ccc4nc(C5CC5)ccc4c3P(C)(C)=O)n2)cc(C)c1N1CCOCC1. The molecule has 6 rings (SSSR count). The number of morpholine rings is 1. The van der Waals surface area contributed by atoms with Gasteiger partial charge in [0, 0.05) is 53.3 Å². The summed E-state index contributed by atoms with van der Waals surface area (Å²) in [5.41, 5.74) is 5.71. The van der Waals surface area contributed by atoms with Gasteiger partial charge in [0.05, 0.1) is 41.7 Å². The van der Waals surface area contributed by atoms with Crippen LogP contribution in [0.4, 0.5) is 28.8 Å². The largest absolute Gasteiger partial charge is 0.494 e. The highest BCUT2D eigenvalue weighted by Gasteiger charge is 2.27. The second kappa shape index (κ2) is 11.2. The fraction of sp³-hybridized carbons (Fsp3) is 0.367. The van der Waals surface area contributed by atoms with Crippen molar-refractivity contribution in [2.75, 3.05) is 62.3 Å². The first-order chi connectivity index (χ1) is 19.7. The van der Waals surface area contributed by atoms with Gasteiger partial charge in [-0.15, -0.1) is 0 Å². The molecule has 1 saturated heterocycles. The summed E-state index contributed by atoms with van der Waals surface area (Å²) >= 11 is 3.59. The summed E-state index contributed by atoms with van der Waals surface area (Å²) in [6.45, 7) is 8.71. The summed E-state index contributed by atoms with van der Waals surface area (Å²) < 4.78 is 25.5. The van der Waals surface area contributed by atoms with Gasteiger partial charge in [-0.1, -0.05) is 6.07 Å². The van der Waals surface area contributed by atoms with Crippen LogP contribution in [0.5, 0.6) is 5.75 Å². The first-order valence-corrected chi connectivity index (χ1v) is 17.2. The van der Waals surface area contributed by atoms with E-state index in [-0.39, 0.29) is 0 Å². The van der Waals surface area contributed by atoms with Gasteiger partial charge in [0.2, 0.25) is 5.95 Å². The van der Waals surface area contributed by atoms with Gasteiger partial charge in [-0.05, 0) is 78.9 Å². The molecule has 2 N–H and O–H groups in total. The predicted octanol–water partition coefficient (Wildman–Crippen LogP) is 6.55. The number of hydrogen-bond acceptors (Lipinski definition) is 9. The van der Waals surface area contributed by atoms with Crippen LogP contribution in [0.15, 0.2) is 47.1 Å². The van der Waals surface area contributed by atoms with Gasteiger partial charge in [-0.2, -0.15) is 4.98 Å². The summed E-state index contributed by atoms with van der Waals surface area (Å²) in [6.07, 6.45) is 4.08. The number of aryl methyl sites for hydroxylation is 1. The van der Waals surface area contributed by atoms with E-state index in [4.69, 9.17) is 19.4 Å². The molecular formula is C30H34BrN6O3P. The number of benzene rings is 2. The van der Waals surface area contributed by atoms with Gasteiger partial charge in [0.1, 0.15) is 18.7 Å². The maximum atomic E-state index is 13.6. The van der Waals surface area contributed by atoms with Crippen LogP contribution in [0.25, 0.3) is 10.9 Å². The molecule has 0 unspecified atom stereocenters. The van der Waals surface area contributed by atoms with Crippen LogP contribution in [0.1, 0.15) is 30.0 Å². The molecule has 41 heavy (non-hydrogen) atoms. The number of rotatable bonds is 8. The molecular weight excluding hydrogens is 603 g/mol. The zero-order valence-corrected chi connectivity index (χ0v) is 26.2. The summed E-state index contributed by atoms with van der Waals surface area (Å²) in [4.78, 5) is 16.4. The molecule has 0 atom stereocenters. The Morgan fingerprint density at radius 2 is 1.85 bits per heavy atom. The Morgan fingerprint density at radius 1 is 1.07 bits per heavy atom. The molecule has 2 fully saturated rings. The molecule has 2 aromatic carbocycles. The third kappa shape index (κ3) is 5.92. The maximum Gasteiger partial charge on any atom is 0.229 e. The lowest BCUT2D eigenvalue weighted by Gasteiger charge is -2.31. The Morgan fingerprint density at radius 3 is 2.56 bits per heavy atom. The molecule has 0 bridgehead atoms. The fourth-order valence-corrected chi connectivity index (χ4v) is 7.20. The van der Waals surface area contributed by atoms with Crippen LogP contribution >= 0.6 is 23.1 Å². The van der Waals surface area contributed by atoms with Crippen LogP contribution in [0, 0.1) is 6.92 Å². The van der Waals surface area contributed by atoms with E-state index >= 15 is 0 Å². The van der Waals surface area contributed by atoms with Crippen molar-refractivity contribution in [1.82, 2.24) is 15.0 Å². The number of pyridine rings is 1. The Bertz CT molecular complexity index is 1670. The molecule has 1 saturated carbocycles. The van der Waals surface area contributed by atoms with Crippen LogP contribution < -0.4 is 25.6 Å². The Kier molecular flexibility index (Phi) is 7.66. The number of hydrogen-bond donors (Lipinski definition) is 2. The van der Waals surface area contributed by atoms with Gasteiger partial charge in [0.25, 0.3) is 0 Å². The Labute approximate surface area is 248 Å². The van der Waals surface area contributed by atoms with E-state index in [0.29, 0.717) is 35.4 Å². The number of nitrogens with zero attached hydrogens (tertiary/aromatic N) is 4. The Balaban J connectivity index is 1.31. The van der Waals surface area contributed by atoms with E-state index in [9.17, 15) is 4.57 Å². The van der Waals surface area contributed by atoms with Crippen LogP contribution in [-0.2, 0) is 9.30 Å². The minimum absolute atomic E-state index is 0.422. The van der Waals surface area contributed by atoms with Gasteiger partial charge in [-0.3, -0.25) is 4.98 Å². The third-order valence-corrected chi connectivity index (χ3v) is 9.60. The number of nitrogens with one attached hydrogen (secondary N) is 2. The predicted molar refractivity (Wildman–Crippen MR) is 170 cm³/mol. The van der Waals surface area contributed by atoms with Crippen molar-refractivity contribution in [2.45, 2.75) is 25.7 Å². The Hall–Kier alpha value is -3.20. The van der Waals surface area contributed by atoms with Gasteiger partial charge >= 0.3 is 0 Å². The third-order valence-electron chi connectivity index (χ3n) is 7.46. The van der Waals surface area contributed by atoms with Crippen molar-refractivity contribution in [1.29, 1.82) is 0 Å². The van der Waals surface area contributed by atoms with Crippen molar-refractivity contribution in [3.8, 4) is 5.75 Å². The summed E-state index contributed by atoms with van der Waals surface area (Å²) in [7, 11) is -0.992. The highest BCUT2D eigenvalue weighted by atomic mass is 79.9. The van der Waals surface area contributed by atoms with Crippen LogP contribution in [0.3, 0.4) is 0 Å². The molecule has 1 aliphatic heterocycles. The zero-order chi connectivity index (χ0) is 28.7. The molecule has 214 valence electrons. The number of aromatic nitrogens is 3. The highest BCUT2D eigenvalue weighted by molar-refractivity contribution is 9.10. The maximum absolute atomic E-state index is 13.6. The standard InChI is InChI=1S/C30H34BrN6O3P/c1-18-15-20(16-26(39-2)27(18)37-11-13-40-14-12-37)33-30-32-17-22(31)29(36-30)35-25-10-9-24-21(28(25)41(3,4)38)7-8-23(34-24)19-5-6-19/h7-10,15-17,19H,5-6,11-14H2,1-4H3,(H2,32,33,35,36). The molecule has 9 nitrogen and oxygen atoms in total. The lowest BCUT2D eigenvalue weighted by molar-refractivity contribution is 0.122. The average molecular weight is 638 g/mol. The van der Waals surface area contributed by atoms with E-state index in [0.717, 1.165) is 63.4 Å². The first kappa shape index (κ1) is 27.9. The normalized spacial score (nSPS) is 15.7. The van der Waals surface area contributed by atoms with Crippen molar-refractivity contribution in [3.63, 3.8) is 0 Å². The minimum atomic E-state index is -2.68. The lowest BCUT2D eigenvalue weighted by Crippen LogP contribution is -2.36. The molecule has 2 aliphatic rings. The molecule has 0 spiro atoms. The quantitative estimate of drug-likeness (QED) is 0.208. The highest BCUT2D eigenvalue weighted by Crippen LogP contribution is 2.44. The summed E-state index contributed by atoms with van der Waals surface area (Å²) in [5, 5.41) is 8.42. The van der Waals surface area contributed by atoms with Crippen LogP contribution in [-0.4, -0.2) is 61.7 Å². The van der Waals surface area contributed by atoms with Crippen molar-refractivity contribution >= 4 is 68.1 Å².